The molecule has 3 amide bonds. The molecule has 1 unspecified atom stereocenters. The number of amides is 3. The molecule has 0 saturated carbocycles. The summed E-state index contributed by atoms with van der Waals surface area (Å²) in [5.41, 5.74) is 0.996. The number of benzene rings is 1. The Balaban J connectivity index is 1.44. The van der Waals surface area contributed by atoms with E-state index in [9.17, 15) is 14.4 Å². The van der Waals surface area contributed by atoms with Crippen molar-refractivity contribution in [1.29, 1.82) is 0 Å². The molecule has 6 heteroatoms. The highest BCUT2D eigenvalue weighted by Crippen LogP contribution is 2.19. The van der Waals surface area contributed by atoms with Crippen LogP contribution in [-0.4, -0.2) is 60.2 Å². The highest BCUT2D eigenvalue weighted by atomic mass is 16.2. The summed E-state index contributed by atoms with van der Waals surface area (Å²) in [5.74, 6) is 0.116. The van der Waals surface area contributed by atoms with Crippen molar-refractivity contribution in [2.45, 2.75) is 31.7 Å². The lowest BCUT2D eigenvalue weighted by molar-refractivity contribution is -0.135. The average Bonchev–Trinajstić information content (AvgIpc) is 2.70. The molecule has 1 aromatic rings. The van der Waals surface area contributed by atoms with Crippen molar-refractivity contribution in [3.63, 3.8) is 0 Å². The van der Waals surface area contributed by atoms with Gasteiger partial charge in [-0.1, -0.05) is 30.3 Å². The lowest BCUT2D eigenvalue weighted by Gasteiger charge is -2.34. The Labute approximate surface area is 160 Å². The number of carbonyl (C=O) groups excluding carboxylic acids is 3. The second-order valence-corrected chi connectivity index (χ2v) is 7.36. The maximum Gasteiger partial charge on any atom is 0.246 e. The molecule has 0 aromatic heterocycles. The van der Waals surface area contributed by atoms with E-state index in [1.807, 2.05) is 36.4 Å². The van der Waals surface area contributed by atoms with E-state index in [2.05, 4.69) is 5.32 Å². The smallest absolute Gasteiger partial charge is 0.246 e. The summed E-state index contributed by atoms with van der Waals surface area (Å²) in [6.45, 7) is 1.77. The molecule has 6 nitrogen and oxygen atoms in total. The maximum atomic E-state index is 12.5. The highest BCUT2D eigenvalue weighted by molar-refractivity contribution is 5.92. The molecule has 2 saturated heterocycles. The van der Waals surface area contributed by atoms with Crippen LogP contribution in [0.4, 0.5) is 0 Å². The first-order chi connectivity index (χ1) is 13.0. The van der Waals surface area contributed by atoms with Crippen LogP contribution in [0.3, 0.4) is 0 Å². The van der Waals surface area contributed by atoms with Gasteiger partial charge in [0.05, 0.1) is 0 Å². The van der Waals surface area contributed by atoms with Gasteiger partial charge in [0.1, 0.15) is 0 Å². The Morgan fingerprint density at radius 2 is 1.81 bits per heavy atom. The molecule has 0 bridgehead atoms. The van der Waals surface area contributed by atoms with Crippen LogP contribution < -0.4 is 5.32 Å². The Kier molecular flexibility index (Phi) is 6.27. The maximum absolute atomic E-state index is 12.5. The quantitative estimate of drug-likeness (QED) is 0.821. The molecular weight excluding hydrogens is 342 g/mol. The van der Waals surface area contributed by atoms with Gasteiger partial charge >= 0.3 is 0 Å². The summed E-state index contributed by atoms with van der Waals surface area (Å²) < 4.78 is 0. The summed E-state index contributed by atoms with van der Waals surface area (Å²) in [6.07, 6.45) is 5.97. The Morgan fingerprint density at radius 1 is 1.11 bits per heavy atom. The second kappa shape index (κ2) is 8.84. The zero-order valence-electron chi connectivity index (χ0n) is 15.8. The van der Waals surface area contributed by atoms with Gasteiger partial charge in [0.25, 0.3) is 0 Å². The van der Waals surface area contributed by atoms with E-state index in [0.29, 0.717) is 45.3 Å². The molecule has 27 heavy (non-hydrogen) atoms. The minimum absolute atomic E-state index is 0.00914. The van der Waals surface area contributed by atoms with Crippen molar-refractivity contribution in [1.82, 2.24) is 15.1 Å². The molecule has 144 valence electrons. The van der Waals surface area contributed by atoms with Gasteiger partial charge in [-0.3, -0.25) is 14.4 Å². The van der Waals surface area contributed by atoms with Crippen LogP contribution in [0.1, 0.15) is 31.2 Å². The van der Waals surface area contributed by atoms with Crippen LogP contribution in [0.15, 0.2) is 36.4 Å². The Hall–Kier alpha value is -2.63. The molecule has 2 aliphatic rings. The van der Waals surface area contributed by atoms with E-state index in [0.717, 1.165) is 5.56 Å². The summed E-state index contributed by atoms with van der Waals surface area (Å²) in [7, 11) is 1.77. The van der Waals surface area contributed by atoms with Crippen molar-refractivity contribution in [3.8, 4) is 0 Å². The van der Waals surface area contributed by atoms with Gasteiger partial charge in [-0.05, 0) is 30.9 Å². The van der Waals surface area contributed by atoms with Gasteiger partial charge in [0.2, 0.25) is 17.7 Å². The fraction of sp³-hybridized carbons (Fsp3) is 0.476. The Bertz CT molecular complexity index is 709. The monoisotopic (exact) mass is 369 g/mol. The predicted molar refractivity (Wildman–Crippen MR) is 104 cm³/mol. The summed E-state index contributed by atoms with van der Waals surface area (Å²) in [5, 5.41) is 3.08. The standard InChI is InChI=1S/C21H27N3O3/c1-23-15-18(8-10-19(23)25)22-21(27)17-11-13-24(14-12-17)20(26)9-7-16-5-3-2-4-6-16/h2-7,9,17-18H,8,10-15H2,1H3,(H,22,27). The SMILES string of the molecule is CN1CC(NC(=O)C2CCN(C(=O)C=Cc3ccccc3)CC2)CCC1=O. The number of hydrogen-bond donors (Lipinski definition) is 1. The topological polar surface area (TPSA) is 69.7 Å². The van der Waals surface area contributed by atoms with Gasteiger partial charge in [-0.15, -0.1) is 0 Å². The zero-order valence-corrected chi connectivity index (χ0v) is 15.8. The molecule has 1 N–H and O–H groups in total. The van der Waals surface area contributed by atoms with Crippen molar-refractivity contribution in [3.05, 3.63) is 42.0 Å². The van der Waals surface area contributed by atoms with E-state index < -0.39 is 0 Å². The molecule has 3 rings (SSSR count). The first kappa shape index (κ1) is 19.1. The van der Waals surface area contributed by atoms with E-state index >= 15 is 0 Å². The summed E-state index contributed by atoms with van der Waals surface area (Å²) in [4.78, 5) is 39.9. The van der Waals surface area contributed by atoms with Crippen LogP contribution in [-0.2, 0) is 14.4 Å². The van der Waals surface area contributed by atoms with Gasteiger partial charge in [0.15, 0.2) is 0 Å². The molecule has 2 heterocycles. The van der Waals surface area contributed by atoms with Crippen LogP contribution in [0, 0.1) is 5.92 Å². The third-order valence-corrected chi connectivity index (χ3v) is 5.37. The van der Waals surface area contributed by atoms with E-state index in [1.165, 1.54) is 0 Å². The van der Waals surface area contributed by atoms with E-state index in [4.69, 9.17) is 0 Å². The normalized spacial score (nSPS) is 21.5. The van der Waals surface area contributed by atoms with Crippen LogP contribution in [0.25, 0.3) is 6.08 Å². The summed E-state index contributed by atoms with van der Waals surface area (Å²) >= 11 is 0. The number of carbonyl (C=O) groups is 3. The van der Waals surface area contributed by atoms with Crippen molar-refractivity contribution in [2.75, 3.05) is 26.7 Å². The number of hydrogen-bond acceptors (Lipinski definition) is 3. The molecule has 2 aliphatic heterocycles. The second-order valence-electron chi connectivity index (χ2n) is 7.36. The van der Waals surface area contributed by atoms with Gasteiger partial charge in [-0.25, -0.2) is 0 Å². The van der Waals surface area contributed by atoms with Gasteiger partial charge in [-0.2, -0.15) is 0 Å². The van der Waals surface area contributed by atoms with Crippen LogP contribution in [0.5, 0.6) is 0 Å². The highest BCUT2D eigenvalue weighted by Gasteiger charge is 2.30. The molecule has 2 fully saturated rings. The number of likely N-dealkylation sites (tertiary alicyclic amines) is 2. The molecular formula is C21H27N3O3. The van der Waals surface area contributed by atoms with Crippen LogP contribution >= 0.6 is 0 Å². The van der Waals surface area contributed by atoms with Crippen molar-refractivity contribution < 1.29 is 14.4 Å². The number of likely N-dealkylation sites (N-methyl/N-ethyl adjacent to an activating group) is 1. The van der Waals surface area contributed by atoms with Crippen LogP contribution in [0.2, 0.25) is 0 Å². The summed E-state index contributed by atoms with van der Waals surface area (Å²) in [6, 6.07) is 9.77. The molecule has 1 atom stereocenters. The first-order valence-corrected chi connectivity index (χ1v) is 9.59. The lowest BCUT2D eigenvalue weighted by atomic mass is 9.94. The molecule has 0 radical (unpaired) electrons. The van der Waals surface area contributed by atoms with E-state index in [-0.39, 0.29) is 29.7 Å². The number of rotatable bonds is 4. The third-order valence-electron chi connectivity index (χ3n) is 5.37. The lowest BCUT2D eigenvalue weighted by Crippen LogP contribution is -2.51. The Morgan fingerprint density at radius 3 is 2.48 bits per heavy atom. The number of piperidine rings is 2. The molecule has 0 spiro atoms. The average molecular weight is 369 g/mol. The molecule has 1 aromatic carbocycles. The van der Waals surface area contributed by atoms with Crippen molar-refractivity contribution in [2.24, 2.45) is 5.92 Å². The largest absolute Gasteiger partial charge is 0.351 e. The first-order valence-electron chi connectivity index (χ1n) is 9.59. The predicted octanol–water partition coefficient (Wildman–Crippen LogP) is 1.68. The number of nitrogens with zero attached hydrogens (tertiary/aromatic N) is 2. The third kappa shape index (κ3) is 5.18. The zero-order chi connectivity index (χ0) is 19.2. The minimum Gasteiger partial charge on any atom is -0.351 e. The fourth-order valence-corrected chi connectivity index (χ4v) is 3.65. The van der Waals surface area contributed by atoms with Crippen molar-refractivity contribution >= 4 is 23.8 Å². The minimum atomic E-state index is -0.0601. The van der Waals surface area contributed by atoms with Gasteiger partial charge in [0, 0.05) is 51.1 Å². The molecule has 0 aliphatic carbocycles. The number of nitrogens with one attached hydrogen (secondary N) is 1. The van der Waals surface area contributed by atoms with E-state index in [1.54, 1.807) is 22.9 Å². The fourth-order valence-electron chi connectivity index (χ4n) is 3.65. The van der Waals surface area contributed by atoms with Gasteiger partial charge < -0.3 is 15.1 Å².